The summed E-state index contributed by atoms with van der Waals surface area (Å²) in [5, 5.41) is 6.87. The predicted molar refractivity (Wildman–Crippen MR) is 99.3 cm³/mol. The van der Waals surface area contributed by atoms with Gasteiger partial charge < -0.3 is 4.90 Å². The zero-order valence-corrected chi connectivity index (χ0v) is 15.3. The van der Waals surface area contributed by atoms with Gasteiger partial charge in [-0.05, 0) is 56.1 Å². The van der Waals surface area contributed by atoms with Gasteiger partial charge in [-0.15, -0.1) is 0 Å². The Balaban J connectivity index is 1.42. The van der Waals surface area contributed by atoms with Gasteiger partial charge >= 0.3 is 5.69 Å². The van der Waals surface area contributed by atoms with E-state index in [0.717, 1.165) is 55.8 Å². The van der Waals surface area contributed by atoms with E-state index in [9.17, 15) is 9.59 Å². The minimum atomic E-state index is -0.189. The van der Waals surface area contributed by atoms with Crippen molar-refractivity contribution in [3.8, 4) is 5.69 Å². The van der Waals surface area contributed by atoms with E-state index in [1.807, 2.05) is 36.1 Å². The fraction of sp³-hybridized carbons (Fsp3) is 0.550. The molecule has 0 spiro atoms. The molecule has 0 radical (unpaired) electrons. The van der Waals surface area contributed by atoms with E-state index in [0.29, 0.717) is 17.7 Å². The van der Waals surface area contributed by atoms with Gasteiger partial charge in [-0.1, -0.05) is 18.2 Å². The zero-order valence-electron chi connectivity index (χ0n) is 15.3. The molecular weight excluding hydrogens is 328 g/mol. The molecule has 6 heteroatoms. The van der Waals surface area contributed by atoms with Crippen molar-refractivity contribution in [3.63, 3.8) is 0 Å². The highest BCUT2D eigenvalue weighted by Gasteiger charge is 2.29. The van der Waals surface area contributed by atoms with Crippen LogP contribution in [0.1, 0.15) is 43.5 Å². The van der Waals surface area contributed by atoms with E-state index in [1.165, 1.54) is 12.8 Å². The number of amides is 1. The molecule has 1 aliphatic carbocycles. The molecule has 2 heterocycles. The molecule has 1 N–H and O–H groups in total. The SMILES string of the molecule is Cc1ccccc1-n1c(CC2CCN(C(=O)CC3CC3)CC2)n[nH]c1=O. The average molecular weight is 354 g/mol. The molecule has 1 saturated carbocycles. The fourth-order valence-corrected chi connectivity index (χ4v) is 3.87. The summed E-state index contributed by atoms with van der Waals surface area (Å²) in [6, 6.07) is 7.87. The number of benzene rings is 1. The lowest BCUT2D eigenvalue weighted by Gasteiger charge is -2.32. The van der Waals surface area contributed by atoms with E-state index in [-0.39, 0.29) is 5.69 Å². The first kappa shape index (κ1) is 17.1. The summed E-state index contributed by atoms with van der Waals surface area (Å²) in [7, 11) is 0. The third-order valence-corrected chi connectivity index (χ3v) is 5.70. The maximum atomic E-state index is 12.3. The van der Waals surface area contributed by atoms with E-state index >= 15 is 0 Å². The summed E-state index contributed by atoms with van der Waals surface area (Å²) >= 11 is 0. The summed E-state index contributed by atoms with van der Waals surface area (Å²) in [5.41, 5.74) is 1.75. The highest BCUT2D eigenvalue weighted by atomic mass is 16.2. The van der Waals surface area contributed by atoms with Crippen LogP contribution in [0.15, 0.2) is 29.1 Å². The molecule has 1 aromatic carbocycles. The van der Waals surface area contributed by atoms with Gasteiger partial charge in [0.15, 0.2) is 0 Å². The molecule has 4 rings (SSSR count). The Hall–Kier alpha value is -2.37. The molecule has 6 nitrogen and oxygen atoms in total. The lowest BCUT2D eigenvalue weighted by Crippen LogP contribution is -2.39. The van der Waals surface area contributed by atoms with Crippen LogP contribution in [0.4, 0.5) is 0 Å². The Morgan fingerprint density at radius 3 is 2.58 bits per heavy atom. The molecule has 0 atom stereocenters. The van der Waals surface area contributed by atoms with Crippen molar-refractivity contribution in [1.82, 2.24) is 19.7 Å². The second kappa shape index (κ2) is 7.09. The molecule has 2 aliphatic rings. The second-order valence-electron chi connectivity index (χ2n) is 7.74. The quantitative estimate of drug-likeness (QED) is 0.896. The summed E-state index contributed by atoms with van der Waals surface area (Å²) in [4.78, 5) is 26.6. The maximum absolute atomic E-state index is 12.3. The number of aromatic nitrogens is 3. The molecule has 2 aromatic rings. The van der Waals surface area contributed by atoms with Crippen molar-refractivity contribution in [2.75, 3.05) is 13.1 Å². The molecule has 0 unspecified atom stereocenters. The molecular formula is C20H26N4O2. The number of rotatable bonds is 5. The van der Waals surface area contributed by atoms with Crippen molar-refractivity contribution in [2.24, 2.45) is 11.8 Å². The molecule has 138 valence electrons. The smallest absolute Gasteiger partial charge is 0.343 e. The van der Waals surface area contributed by atoms with Gasteiger partial charge in [0, 0.05) is 25.9 Å². The highest BCUT2D eigenvalue weighted by Crippen LogP contribution is 2.33. The van der Waals surface area contributed by atoms with Crippen LogP contribution in [-0.4, -0.2) is 38.7 Å². The van der Waals surface area contributed by atoms with Crippen LogP contribution in [0.5, 0.6) is 0 Å². The minimum absolute atomic E-state index is 0.189. The summed E-state index contributed by atoms with van der Waals surface area (Å²) in [6.07, 6.45) is 5.89. The van der Waals surface area contributed by atoms with Crippen molar-refractivity contribution in [1.29, 1.82) is 0 Å². The van der Waals surface area contributed by atoms with Gasteiger partial charge in [0.2, 0.25) is 5.91 Å². The first-order valence-electron chi connectivity index (χ1n) is 9.62. The van der Waals surface area contributed by atoms with Crippen LogP contribution in [0.25, 0.3) is 5.69 Å². The zero-order chi connectivity index (χ0) is 18.1. The number of hydrogen-bond acceptors (Lipinski definition) is 3. The Labute approximate surface area is 153 Å². The molecule has 1 amide bonds. The predicted octanol–water partition coefficient (Wildman–Crippen LogP) is 2.45. The highest BCUT2D eigenvalue weighted by molar-refractivity contribution is 5.76. The first-order valence-corrected chi connectivity index (χ1v) is 9.62. The van der Waals surface area contributed by atoms with Gasteiger partial charge in [-0.2, -0.15) is 5.10 Å². The number of nitrogens with one attached hydrogen (secondary N) is 1. The van der Waals surface area contributed by atoms with E-state index in [1.54, 1.807) is 4.57 Å². The van der Waals surface area contributed by atoms with Crippen molar-refractivity contribution in [3.05, 3.63) is 46.1 Å². The monoisotopic (exact) mass is 354 g/mol. The van der Waals surface area contributed by atoms with Gasteiger partial charge in [-0.3, -0.25) is 4.79 Å². The van der Waals surface area contributed by atoms with Crippen LogP contribution in [0.2, 0.25) is 0 Å². The molecule has 2 fully saturated rings. The number of hydrogen-bond donors (Lipinski definition) is 1. The van der Waals surface area contributed by atoms with Crippen molar-refractivity contribution >= 4 is 5.91 Å². The average Bonchev–Trinajstić information content (AvgIpc) is 3.39. The number of likely N-dealkylation sites (tertiary alicyclic amines) is 1. The third kappa shape index (κ3) is 3.59. The normalized spacial score (nSPS) is 18.3. The molecule has 1 aliphatic heterocycles. The lowest BCUT2D eigenvalue weighted by molar-refractivity contribution is -0.132. The van der Waals surface area contributed by atoms with Crippen LogP contribution in [-0.2, 0) is 11.2 Å². The number of nitrogens with zero attached hydrogens (tertiary/aromatic N) is 3. The Bertz CT molecular complexity index is 841. The van der Waals surface area contributed by atoms with E-state index in [2.05, 4.69) is 10.2 Å². The number of H-pyrrole nitrogens is 1. The van der Waals surface area contributed by atoms with E-state index in [4.69, 9.17) is 0 Å². The van der Waals surface area contributed by atoms with Gasteiger partial charge in [-0.25, -0.2) is 14.5 Å². The van der Waals surface area contributed by atoms with Gasteiger partial charge in [0.1, 0.15) is 5.82 Å². The van der Waals surface area contributed by atoms with E-state index < -0.39 is 0 Å². The number of carbonyl (C=O) groups excluding carboxylic acids is 1. The van der Waals surface area contributed by atoms with Crippen molar-refractivity contribution in [2.45, 2.75) is 45.4 Å². The van der Waals surface area contributed by atoms with Crippen LogP contribution in [0, 0.1) is 18.8 Å². The number of aromatic amines is 1. The molecule has 1 aromatic heterocycles. The summed E-state index contributed by atoms with van der Waals surface area (Å²) < 4.78 is 1.69. The Kier molecular flexibility index (Phi) is 4.66. The number of piperidine rings is 1. The molecule has 0 bridgehead atoms. The largest absolute Gasteiger partial charge is 0.347 e. The topological polar surface area (TPSA) is 71.0 Å². The van der Waals surface area contributed by atoms with Crippen LogP contribution < -0.4 is 5.69 Å². The number of para-hydroxylation sites is 1. The van der Waals surface area contributed by atoms with Crippen molar-refractivity contribution < 1.29 is 4.79 Å². The number of aryl methyl sites for hydroxylation is 1. The molecule has 26 heavy (non-hydrogen) atoms. The molecule has 1 saturated heterocycles. The number of carbonyl (C=O) groups is 1. The van der Waals surface area contributed by atoms with Gasteiger partial charge in [0.05, 0.1) is 5.69 Å². The first-order chi connectivity index (χ1) is 12.6. The second-order valence-corrected chi connectivity index (χ2v) is 7.74. The van der Waals surface area contributed by atoms with Crippen LogP contribution in [0.3, 0.4) is 0 Å². The Morgan fingerprint density at radius 1 is 1.15 bits per heavy atom. The maximum Gasteiger partial charge on any atom is 0.347 e. The fourth-order valence-electron chi connectivity index (χ4n) is 3.87. The summed E-state index contributed by atoms with van der Waals surface area (Å²) in [5.74, 6) is 2.21. The van der Waals surface area contributed by atoms with Gasteiger partial charge in [0.25, 0.3) is 0 Å². The minimum Gasteiger partial charge on any atom is -0.343 e. The lowest BCUT2D eigenvalue weighted by atomic mass is 9.93. The van der Waals surface area contributed by atoms with Crippen LogP contribution >= 0.6 is 0 Å². The summed E-state index contributed by atoms with van der Waals surface area (Å²) in [6.45, 7) is 3.66. The standard InChI is InChI=1S/C20H26N4O2/c1-14-4-2-3-5-17(14)24-18(21-22-20(24)26)12-16-8-10-23(11-9-16)19(25)13-15-6-7-15/h2-5,15-16H,6-13H2,1H3,(H,22,26). The third-order valence-electron chi connectivity index (χ3n) is 5.70. The Morgan fingerprint density at radius 2 is 1.88 bits per heavy atom.